The molecule has 0 bridgehead atoms. The Labute approximate surface area is 131 Å². The van der Waals surface area contributed by atoms with E-state index in [-0.39, 0.29) is 11.2 Å². The molecule has 1 aliphatic carbocycles. The van der Waals surface area contributed by atoms with E-state index in [0.29, 0.717) is 21.8 Å². The molecule has 1 aliphatic rings. The molecule has 1 saturated carbocycles. The van der Waals surface area contributed by atoms with E-state index in [1.54, 1.807) is 24.3 Å². The average Bonchev–Trinajstić information content (AvgIpc) is 3.19. The second kappa shape index (κ2) is 6.07. The summed E-state index contributed by atoms with van der Waals surface area (Å²) in [6.45, 7) is 1.83. The van der Waals surface area contributed by atoms with Crippen LogP contribution in [-0.4, -0.2) is 26.3 Å². The largest absolute Gasteiger partial charge is 0.325 e. The second-order valence-corrected chi connectivity index (χ2v) is 6.78. The van der Waals surface area contributed by atoms with Gasteiger partial charge in [0.25, 0.3) is 0 Å². The fourth-order valence-electron chi connectivity index (χ4n) is 1.87. The molecule has 1 heterocycles. The first-order valence-corrected chi connectivity index (χ1v) is 8.03. The molecular formula is C14H15ClN4OS. The molecule has 0 aliphatic heterocycles. The molecule has 1 amide bonds. The van der Waals surface area contributed by atoms with Crippen LogP contribution in [0.1, 0.15) is 31.5 Å². The van der Waals surface area contributed by atoms with Gasteiger partial charge in [-0.1, -0.05) is 29.4 Å². The maximum atomic E-state index is 12.1. The fraction of sp³-hybridized carbons (Fsp3) is 0.357. The number of nitrogens with zero attached hydrogens (tertiary/aromatic N) is 2. The number of aromatic nitrogens is 3. The maximum Gasteiger partial charge on any atom is 0.237 e. The molecule has 0 radical (unpaired) electrons. The van der Waals surface area contributed by atoms with E-state index in [1.165, 1.54) is 24.6 Å². The molecule has 1 fully saturated rings. The number of aromatic amines is 1. The highest BCUT2D eigenvalue weighted by atomic mass is 35.5. The monoisotopic (exact) mass is 322 g/mol. The predicted molar refractivity (Wildman–Crippen MR) is 83.8 cm³/mol. The number of hydrogen-bond acceptors (Lipinski definition) is 4. The molecule has 1 unspecified atom stereocenters. The van der Waals surface area contributed by atoms with Gasteiger partial charge in [0, 0.05) is 16.6 Å². The van der Waals surface area contributed by atoms with Crippen molar-refractivity contribution in [3.05, 3.63) is 35.1 Å². The van der Waals surface area contributed by atoms with Gasteiger partial charge in [-0.25, -0.2) is 4.98 Å². The highest BCUT2D eigenvalue weighted by Gasteiger charge is 2.27. The number of rotatable bonds is 5. The number of halogens is 1. The first-order valence-electron chi connectivity index (χ1n) is 6.77. The normalized spacial score (nSPS) is 15.7. The lowest BCUT2D eigenvalue weighted by Gasteiger charge is -2.10. The lowest BCUT2D eigenvalue weighted by atomic mass is 10.3. The van der Waals surface area contributed by atoms with Crippen molar-refractivity contribution in [2.75, 3.05) is 5.32 Å². The van der Waals surface area contributed by atoms with Crippen LogP contribution in [0.5, 0.6) is 0 Å². The summed E-state index contributed by atoms with van der Waals surface area (Å²) in [5, 5.41) is 10.8. The van der Waals surface area contributed by atoms with Crippen LogP contribution in [-0.2, 0) is 4.79 Å². The topological polar surface area (TPSA) is 70.7 Å². The zero-order chi connectivity index (χ0) is 14.8. The quantitative estimate of drug-likeness (QED) is 0.827. The molecule has 110 valence electrons. The van der Waals surface area contributed by atoms with Crippen LogP contribution in [0, 0.1) is 0 Å². The van der Waals surface area contributed by atoms with Gasteiger partial charge in [-0.05, 0) is 38.0 Å². The molecule has 0 spiro atoms. The summed E-state index contributed by atoms with van der Waals surface area (Å²) in [5.74, 6) is 1.36. The fourth-order valence-corrected chi connectivity index (χ4v) is 2.79. The van der Waals surface area contributed by atoms with Gasteiger partial charge in [-0.2, -0.15) is 0 Å². The Hall–Kier alpha value is -1.53. The molecule has 2 N–H and O–H groups in total. The van der Waals surface area contributed by atoms with Crippen LogP contribution >= 0.6 is 23.4 Å². The zero-order valence-corrected chi connectivity index (χ0v) is 13.0. The summed E-state index contributed by atoms with van der Waals surface area (Å²) in [6.07, 6.45) is 2.34. The van der Waals surface area contributed by atoms with Gasteiger partial charge < -0.3 is 5.32 Å². The molecule has 3 rings (SSSR count). The van der Waals surface area contributed by atoms with E-state index in [1.807, 2.05) is 6.92 Å². The first kappa shape index (κ1) is 14.4. The number of anilines is 1. The average molecular weight is 323 g/mol. The Kier molecular flexibility index (Phi) is 4.17. The van der Waals surface area contributed by atoms with Crippen LogP contribution in [0.4, 0.5) is 5.69 Å². The summed E-state index contributed by atoms with van der Waals surface area (Å²) >= 11 is 7.24. The van der Waals surface area contributed by atoms with Gasteiger partial charge >= 0.3 is 0 Å². The smallest absolute Gasteiger partial charge is 0.237 e. The van der Waals surface area contributed by atoms with E-state index < -0.39 is 0 Å². The van der Waals surface area contributed by atoms with E-state index in [9.17, 15) is 4.79 Å². The summed E-state index contributed by atoms with van der Waals surface area (Å²) in [4.78, 5) is 16.6. The minimum absolute atomic E-state index is 0.0972. The van der Waals surface area contributed by atoms with E-state index in [0.717, 1.165) is 5.82 Å². The summed E-state index contributed by atoms with van der Waals surface area (Å²) in [5.41, 5.74) is 0.689. The third-order valence-electron chi connectivity index (χ3n) is 3.19. The van der Waals surface area contributed by atoms with Crippen molar-refractivity contribution in [3.8, 4) is 0 Å². The van der Waals surface area contributed by atoms with Crippen LogP contribution in [0.15, 0.2) is 29.4 Å². The highest BCUT2D eigenvalue weighted by Crippen LogP contribution is 2.38. The number of carbonyl (C=O) groups excluding carboxylic acids is 1. The van der Waals surface area contributed by atoms with E-state index >= 15 is 0 Å². The van der Waals surface area contributed by atoms with Crippen molar-refractivity contribution >= 4 is 35.0 Å². The number of benzene rings is 1. The van der Waals surface area contributed by atoms with Gasteiger partial charge in [0.2, 0.25) is 11.1 Å². The van der Waals surface area contributed by atoms with E-state index in [4.69, 9.17) is 11.6 Å². The second-order valence-electron chi connectivity index (χ2n) is 5.04. The lowest BCUT2D eigenvalue weighted by molar-refractivity contribution is -0.115. The van der Waals surface area contributed by atoms with Gasteiger partial charge in [-0.3, -0.25) is 9.89 Å². The molecule has 1 atom stereocenters. The molecule has 2 aromatic rings. The SMILES string of the molecule is CC(Sc1n[nH]c(C2CC2)n1)C(=O)Nc1cccc(Cl)c1. The van der Waals surface area contributed by atoms with Crippen LogP contribution in [0.2, 0.25) is 5.02 Å². The highest BCUT2D eigenvalue weighted by molar-refractivity contribution is 8.00. The Morgan fingerprint density at radius 1 is 1.52 bits per heavy atom. The van der Waals surface area contributed by atoms with Crippen LogP contribution < -0.4 is 5.32 Å². The van der Waals surface area contributed by atoms with Crippen molar-refractivity contribution in [2.45, 2.75) is 36.1 Å². The van der Waals surface area contributed by atoms with Gasteiger partial charge in [-0.15, -0.1) is 5.10 Å². The standard InChI is InChI=1S/C14H15ClN4OS/c1-8(13(20)16-11-4-2-3-10(15)7-11)21-14-17-12(18-19-14)9-5-6-9/h2-4,7-9H,5-6H2,1H3,(H,16,20)(H,17,18,19). The molecule has 1 aromatic heterocycles. The van der Waals surface area contributed by atoms with Gasteiger partial charge in [0.15, 0.2) is 0 Å². The number of amides is 1. The van der Waals surface area contributed by atoms with Crippen molar-refractivity contribution in [3.63, 3.8) is 0 Å². The molecule has 7 heteroatoms. The third kappa shape index (κ3) is 3.77. The van der Waals surface area contributed by atoms with E-state index in [2.05, 4.69) is 20.5 Å². The van der Waals surface area contributed by atoms with Gasteiger partial charge in [0.1, 0.15) is 5.82 Å². The summed E-state index contributed by atoms with van der Waals surface area (Å²) in [7, 11) is 0. The number of hydrogen-bond donors (Lipinski definition) is 2. The molecular weight excluding hydrogens is 308 g/mol. The Bertz CT molecular complexity index is 656. The minimum Gasteiger partial charge on any atom is -0.325 e. The molecule has 5 nitrogen and oxygen atoms in total. The number of carbonyl (C=O) groups is 1. The predicted octanol–water partition coefficient (Wildman–Crippen LogP) is 3.45. The Balaban J connectivity index is 1.58. The minimum atomic E-state index is -0.285. The summed E-state index contributed by atoms with van der Waals surface area (Å²) in [6, 6.07) is 7.09. The third-order valence-corrected chi connectivity index (χ3v) is 4.39. The van der Waals surface area contributed by atoms with Crippen molar-refractivity contribution in [2.24, 2.45) is 0 Å². The van der Waals surface area contributed by atoms with Crippen molar-refractivity contribution < 1.29 is 4.79 Å². The van der Waals surface area contributed by atoms with Gasteiger partial charge in [0.05, 0.1) is 5.25 Å². The Morgan fingerprint density at radius 2 is 2.33 bits per heavy atom. The van der Waals surface area contributed by atoms with Crippen molar-refractivity contribution in [1.29, 1.82) is 0 Å². The van der Waals surface area contributed by atoms with Crippen LogP contribution in [0.25, 0.3) is 0 Å². The number of nitrogens with one attached hydrogen (secondary N) is 2. The maximum absolute atomic E-state index is 12.1. The first-order chi connectivity index (χ1) is 10.1. The number of thioether (sulfide) groups is 1. The van der Waals surface area contributed by atoms with Crippen LogP contribution in [0.3, 0.4) is 0 Å². The van der Waals surface area contributed by atoms with Crippen molar-refractivity contribution in [1.82, 2.24) is 15.2 Å². The Morgan fingerprint density at radius 3 is 3.05 bits per heavy atom. The number of H-pyrrole nitrogens is 1. The molecule has 0 saturated heterocycles. The molecule has 1 aromatic carbocycles. The molecule has 21 heavy (non-hydrogen) atoms. The summed E-state index contributed by atoms with van der Waals surface area (Å²) < 4.78 is 0. The zero-order valence-electron chi connectivity index (χ0n) is 11.5. The lowest BCUT2D eigenvalue weighted by Crippen LogP contribution is -2.22.